The van der Waals surface area contributed by atoms with Crippen molar-refractivity contribution in [1.82, 2.24) is 26.5 Å². The summed E-state index contributed by atoms with van der Waals surface area (Å²) in [6, 6.07) is 7.74. The van der Waals surface area contributed by atoms with Crippen molar-refractivity contribution in [3.63, 3.8) is 0 Å². The maximum absolute atomic E-state index is 11.6. The zero-order valence-corrected chi connectivity index (χ0v) is 12.9. The molecular weight excluding hydrogens is 330 g/mol. The Hall–Kier alpha value is -3.69. The Labute approximate surface area is 142 Å². The van der Waals surface area contributed by atoms with E-state index in [-0.39, 0.29) is 24.5 Å². The molecule has 0 aliphatic heterocycles. The molecule has 0 saturated carbocycles. The summed E-state index contributed by atoms with van der Waals surface area (Å²) in [7, 11) is 0. The van der Waals surface area contributed by atoms with Crippen molar-refractivity contribution < 1.29 is 23.6 Å². The quantitative estimate of drug-likeness (QED) is 0.494. The third-order valence-corrected chi connectivity index (χ3v) is 2.81. The van der Waals surface area contributed by atoms with Gasteiger partial charge in [0.2, 0.25) is 5.91 Å². The third kappa shape index (κ3) is 5.78. The molecule has 0 fully saturated rings. The SMILES string of the molecule is O=C(CNC(=O)c1ccco1)NCC(=O)NNC(=O)c1ccccn1. The summed E-state index contributed by atoms with van der Waals surface area (Å²) in [5.41, 5.74) is 4.42. The second kappa shape index (κ2) is 8.82. The lowest BCUT2D eigenvalue weighted by Crippen LogP contribution is -2.47. The number of pyridine rings is 1. The van der Waals surface area contributed by atoms with Crippen LogP contribution in [0.5, 0.6) is 0 Å². The van der Waals surface area contributed by atoms with Gasteiger partial charge >= 0.3 is 0 Å². The number of nitrogens with one attached hydrogen (secondary N) is 4. The first-order valence-electron chi connectivity index (χ1n) is 7.15. The van der Waals surface area contributed by atoms with Gasteiger partial charge in [-0.3, -0.25) is 35.0 Å². The fourth-order valence-electron chi connectivity index (χ4n) is 1.63. The van der Waals surface area contributed by atoms with Crippen LogP contribution >= 0.6 is 0 Å². The van der Waals surface area contributed by atoms with Crippen LogP contribution in [0.4, 0.5) is 0 Å². The molecule has 2 rings (SSSR count). The minimum atomic E-state index is -0.644. The van der Waals surface area contributed by atoms with Gasteiger partial charge in [-0.1, -0.05) is 6.07 Å². The molecule has 0 aliphatic carbocycles. The third-order valence-electron chi connectivity index (χ3n) is 2.81. The highest BCUT2D eigenvalue weighted by Gasteiger charge is 2.12. The maximum Gasteiger partial charge on any atom is 0.288 e. The summed E-state index contributed by atoms with van der Waals surface area (Å²) in [6.45, 7) is -0.703. The number of hydrogen-bond donors (Lipinski definition) is 4. The zero-order valence-electron chi connectivity index (χ0n) is 12.9. The van der Waals surface area contributed by atoms with Crippen molar-refractivity contribution >= 4 is 23.6 Å². The van der Waals surface area contributed by atoms with Gasteiger partial charge in [0.1, 0.15) is 5.69 Å². The minimum absolute atomic E-state index is 0.0720. The number of carbonyl (C=O) groups is 4. The van der Waals surface area contributed by atoms with Gasteiger partial charge in [-0.05, 0) is 24.3 Å². The average Bonchev–Trinajstić information content (AvgIpc) is 3.18. The van der Waals surface area contributed by atoms with Crippen LogP contribution in [0.25, 0.3) is 0 Å². The predicted molar refractivity (Wildman–Crippen MR) is 83.9 cm³/mol. The van der Waals surface area contributed by atoms with Crippen LogP contribution in [0.15, 0.2) is 47.2 Å². The fraction of sp³-hybridized carbons (Fsp3) is 0.133. The Morgan fingerprint density at radius 3 is 2.36 bits per heavy atom. The van der Waals surface area contributed by atoms with E-state index in [2.05, 4.69) is 26.5 Å². The van der Waals surface area contributed by atoms with Gasteiger partial charge in [0.15, 0.2) is 5.76 Å². The van der Waals surface area contributed by atoms with Crippen LogP contribution in [-0.2, 0) is 9.59 Å². The standard InChI is InChI=1S/C15H15N5O5/c21-12(8-18-15(24)11-5-3-7-25-11)17-9-13(22)19-20-14(23)10-4-1-2-6-16-10/h1-7H,8-9H2,(H,17,21)(H,18,24)(H,19,22)(H,20,23). The van der Waals surface area contributed by atoms with Crippen LogP contribution in [0, 0.1) is 0 Å². The highest BCUT2D eigenvalue weighted by molar-refractivity contribution is 5.95. The highest BCUT2D eigenvalue weighted by Crippen LogP contribution is 1.98. The van der Waals surface area contributed by atoms with E-state index >= 15 is 0 Å². The van der Waals surface area contributed by atoms with Gasteiger partial charge < -0.3 is 15.1 Å². The second-order valence-corrected chi connectivity index (χ2v) is 4.65. The van der Waals surface area contributed by atoms with E-state index in [1.165, 1.54) is 24.6 Å². The van der Waals surface area contributed by atoms with Crippen molar-refractivity contribution in [2.24, 2.45) is 0 Å². The summed E-state index contributed by atoms with van der Waals surface area (Å²) in [5, 5.41) is 4.61. The molecule has 2 aromatic heterocycles. The molecule has 2 aromatic rings. The van der Waals surface area contributed by atoms with Crippen molar-refractivity contribution in [3.05, 3.63) is 54.2 Å². The lowest BCUT2D eigenvalue weighted by atomic mass is 10.3. The summed E-state index contributed by atoms with van der Waals surface area (Å²) < 4.78 is 4.86. The topological polar surface area (TPSA) is 142 Å². The molecule has 130 valence electrons. The van der Waals surface area contributed by atoms with Crippen molar-refractivity contribution in [1.29, 1.82) is 0 Å². The van der Waals surface area contributed by atoms with Crippen molar-refractivity contribution in [2.45, 2.75) is 0 Å². The molecule has 0 unspecified atom stereocenters. The molecule has 4 amide bonds. The van der Waals surface area contributed by atoms with Crippen molar-refractivity contribution in [2.75, 3.05) is 13.1 Å². The average molecular weight is 345 g/mol. The maximum atomic E-state index is 11.6. The molecule has 0 spiro atoms. The molecule has 25 heavy (non-hydrogen) atoms. The number of aromatic nitrogens is 1. The normalized spacial score (nSPS) is 9.76. The Kier molecular flexibility index (Phi) is 6.23. The molecule has 0 radical (unpaired) electrons. The Morgan fingerprint density at radius 2 is 1.68 bits per heavy atom. The molecule has 0 bridgehead atoms. The summed E-state index contributed by atoms with van der Waals surface area (Å²) >= 11 is 0. The monoisotopic (exact) mass is 345 g/mol. The first-order valence-corrected chi connectivity index (χ1v) is 7.15. The van der Waals surface area contributed by atoms with Gasteiger partial charge in [0.25, 0.3) is 17.7 Å². The summed E-state index contributed by atoms with van der Waals surface area (Å²) in [5.74, 6) is -2.29. The second-order valence-electron chi connectivity index (χ2n) is 4.65. The summed E-state index contributed by atoms with van der Waals surface area (Å²) in [4.78, 5) is 50.1. The number of carbonyl (C=O) groups excluding carboxylic acids is 4. The van der Waals surface area contributed by atoms with Crippen molar-refractivity contribution in [3.8, 4) is 0 Å². The molecule has 0 aliphatic rings. The number of amides is 4. The van der Waals surface area contributed by atoms with E-state index < -0.39 is 23.6 Å². The van der Waals surface area contributed by atoms with Gasteiger partial charge in [-0.2, -0.15) is 0 Å². The molecule has 0 aromatic carbocycles. The van der Waals surface area contributed by atoms with E-state index in [0.29, 0.717) is 0 Å². The Bertz CT molecular complexity index is 745. The highest BCUT2D eigenvalue weighted by atomic mass is 16.3. The predicted octanol–water partition coefficient (Wildman–Crippen LogP) is -1.02. The van der Waals surface area contributed by atoms with E-state index in [1.54, 1.807) is 18.2 Å². The lowest BCUT2D eigenvalue weighted by Gasteiger charge is -2.08. The lowest BCUT2D eigenvalue weighted by molar-refractivity contribution is -0.125. The first kappa shape index (κ1) is 17.7. The Balaban J connectivity index is 1.63. The van der Waals surface area contributed by atoms with Crippen LogP contribution < -0.4 is 21.5 Å². The molecule has 0 atom stereocenters. The molecular formula is C15H15N5O5. The number of furan rings is 1. The molecule has 4 N–H and O–H groups in total. The number of hydrogen-bond acceptors (Lipinski definition) is 6. The number of rotatable bonds is 6. The summed E-state index contributed by atoms with van der Waals surface area (Å²) in [6.07, 6.45) is 2.77. The van der Waals surface area contributed by atoms with Gasteiger partial charge in [0.05, 0.1) is 19.4 Å². The van der Waals surface area contributed by atoms with Crippen LogP contribution in [0.2, 0.25) is 0 Å². The molecule has 2 heterocycles. The van der Waals surface area contributed by atoms with Crippen LogP contribution in [0.1, 0.15) is 21.0 Å². The molecule has 10 heteroatoms. The molecule has 10 nitrogen and oxygen atoms in total. The number of hydrazine groups is 1. The van der Waals surface area contributed by atoms with Gasteiger partial charge in [-0.15, -0.1) is 0 Å². The first-order chi connectivity index (χ1) is 12.1. The Morgan fingerprint density at radius 1 is 0.880 bits per heavy atom. The van der Waals surface area contributed by atoms with E-state index in [9.17, 15) is 19.2 Å². The van der Waals surface area contributed by atoms with E-state index in [0.717, 1.165) is 0 Å². The molecule has 0 saturated heterocycles. The number of nitrogens with zero attached hydrogens (tertiary/aromatic N) is 1. The van der Waals surface area contributed by atoms with E-state index in [4.69, 9.17) is 4.42 Å². The van der Waals surface area contributed by atoms with Crippen LogP contribution in [0.3, 0.4) is 0 Å². The smallest absolute Gasteiger partial charge is 0.288 e. The van der Waals surface area contributed by atoms with Crippen LogP contribution in [-0.4, -0.2) is 41.7 Å². The minimum Gasteiger partial charge on any atom is -0.459 e. The zero-order chi connectivity index (χ0) is 18.1. The largest absolute Gasteiger partial charge is 0.459 e. The van der Waals surface area contributed by atoms with Gasteiger partial charge in [-0.25, -0.2) is 0 Å². The van der Waals surface area contributed by atoms with Gasteiger partial charge in [0, 0.05) is 6.20 Å². The fourth-order valence-corrected chi connectivity index (χ4v) is 1.63. The van der Waals surface area contributed by atoms with E-state index in [1.807, 2.05) is 0 Å².